The first kappa shape index (κ1) is 18.7. The third-order valence-corrected chi connectivity index (χ3v) is 5.69. The minimum atomic E-state index is -3.87. The Morgan fingerprint density at radius 1 is 0.931 bits per heavy atom. The lowest BCUT2D eigenvalue weighted by Gasteiger charge is -2.12. The first-order valence-electron chi connectivity index (χ1n) is 8.64. The quantitative estimate of drug-likeness (QED) is 0.541. The number of anilines is 1. The fourth-order valence-electron chi connectivity index (χ4n) is 2.85. The number of benzene rings is 3. The highest BCUT2D eigenvalue weighted by atomic mass is 32.2. The molecule has 1 aromatic heterocycles. The zero-order valence-corrected chi connectivity index (χ0v) is 16.1. The molecule has 0 spiro atoms. The molecule has 8 heteroatoms. The molecular formula is C21H16N2O5S. The van der Waals surface area contributed by atoms with Crippen molar-refractivity contribution >= 4 is 26.6 Å². The van der Waals surface area contributed by atoms with Gasteiger partial charge in [0.05, 0.1) is 34.2 Å². The zero-order valence-electron chi connectivity index (χ0n) is 15.3. The smallest absolute Gasteiger partial charge is 0.347 e. The molecule has 1 heterocycles. The minimum absolute atomic E-state index is 0.0294. The third kappa shape index (κ3) is 3.70. The summed E-state index contributed by atoms with van der Waals surface area (Å²) in [5.74, 6) is 0.577. The Hall–Kier alpha value is -3.65. The molecule has 1 N–H and O–H groups in total. The number of hydrogen-bond acceptors (Lipinski definition) is 6. The number of rotatable bonds is 5. The first-order valence-corrected chi connectivity index (χ1v) is 10.1. The monoisotopic (exact) mass is 408 g/mol. The van der Waals surface area contributed by atoms with E-state index in [1.54, 1.807) is 60.7 Å². The maximum Gasteiger partial charge on any atom is 0.347 e. The van der Waals surface area contributed by atoms with Crippen LogP contribution < -0.4 is 15.1 Å². The van der Waals surface area contributed by atoms with Crippen LogP contribution in [0.25, 0.3) is 22.4 Å². The van der Waals surface area contributed by atoms with Gasteiger partial charge in [0.2, 0.25) is 5.89 Å². The van der Waals surface area contributed by atoms with Crippen LogP contribution in [-0.4, -0.2) is 20.5 Å². The van der Waals surface area contributed by atoms with Crippen LogP contribution in [0.2, 0.25) is 0 Å². The van der Waals surface area contributed by atoms with Gasteiger partial charge in [-0.3, -0.25) is 4.72 Å². The molecular weight excluding hydrogens is 392 g/mol. The highest BCUT2D eigenvalue weighted by molar-refractivity contribution is 7.92. The van der Waals surface area contributed by atoms with Gasteiger partial charge in [-0.1, -0.05) is 24.3 Å². The minimum Gasteiger partial charge on any atom is -0.497 e. The second kappa shape index (κ2) is 7.40. The summed E-state index contributed by atoms with van der Waals surface area (Å²) < 4.78 is 38.5. The third-order valence-electron chi connectivity index (χ3n) is 4.31. The molecule has 4 aromatic rings. The van der Waals surface area contributed by atoms with Gasteiger partial charge in [-0.15, -0.1) is 0 Å². The number of para-hydroxylation sites is 2. The summed E-state index contributed by atoms with van der Waals surface area (Å²) >= 11 is 0. The second-order valence-corrected chi connectivity index (χ2v) is 7.83. The Kier molecular flexibility index (Phi) is 4.77. The highest BCUT2D eigenvalue weighted by Crippen LogP contribution is 2.29. The molecule has 0 aliphatic carbocycles. The fourth-order valence-corrected chi connectivity index (χ4v) is 3.93. The van der Waals surface area contributed by atoms with Crippen molar-refractivity contribution in [1.29, 1.82) is 0 Å². The number of aromatic nitrogens is 1. The van der Waals surface area contributed by atoms with E-state index in [1.807, 2.05) is 0 Å². The van der Waals surface area contributed by atoms with Crippen LogP contribution in [0.15, 0.2) is 86.9 Å². The summed E-state index contributed by atoms with van der Waals surface area (Å²) in [5.41, 5.74) is 0.520. The second-order valence-electron chi connectivity index (χ2n) is 6.15. The molecule has 0 saturated heterocycles. The van der Waals surface area contributed by atoms with Gasteiger partial charge in [-0.05, 0) is 48.5 Å². The Morgan fingerprint density at radius 2 is 1.62 bits per heavy atom. The van der Waals surface area contributed by atoms with E-state index in [1.165, 1.54) is 19.2 Å². The number of nitrogens with one attached hydrogen (secondary N) is 1. The summed E-state index contributed by atoms with van der Waals surface area (Å²) in [6, 6.07) is 19.4. The van der Waals surface area contributed by atoms with Crippen LogP contribution >= 0.6 is 0 Å². The molecule has 4 rings (SSSR count). The number of hydrogen-bond donors (Lipinski definition) is 1. The Bertz CT molecular complexity index is 1350. The van der Waals surface area contributed by atoms with Gasteiger partial charge < -0.3 is 9.15 Å². The molecule has 0 saturated carbocycles. The average Bonchev–Trinajstić information content (AvgIpc) is 2.74. The molecule has 0 aliphatic heterocycles. The summed E-state index contributed by atoms with van der Waals surface area (Å²) in [6.45, 7) is 0. The van der Waals surface area contributed by atoms with Crippen molar-refractivity contribution < 1.29 is 17.6 Å². The van der Waals surface area contributed by atoms with Gasteiger partial charge in [-0.25, -0.2) is 18.2 Å². The molecule has 0 amide bonds. The first-order chi connectivity index (χ1) is 14.0. The lowest BCUT2D eigenvalue weighted by molar-refractivity contribution is 0.414. The molecule has 0 bridgehead atoms. The molecule has 3 aromatic carbocycles. The topological polar surface area (TPSA) is 98.5 Å². The van der Waals surface area contributed by atoms with Gasteiger partial charge >= 0.3 is 5.63 Å². The van der Waals surface area contributed by atoms with Crippen molar-refractivity contribution in [3.63, 3.8) is 0 Å². The Balaban J connectivity index is 1.77. The summed E-state index contributed by atoms with van der Waals surface area (Å²) in [6.07, 6.45) is 0. The number of methoxy groups -OCH3 is 1. The SMILES string of the molecule is COc1ccc(S(=O)(=O)Nc2ccccc2-c2nc3ccccc3c(=O)o2)cc1. The maximum atomic E-state index is 12.8. The van der Waals surface area contributed by atoms with Crippen molar-refractivity contribution in [3.05, 3.63) is 83.2 Å². The van der Waals surface area contributed by atoms with Crippen LogP contribution in [0.4, 0.5) is 5.69 Å². The normalized spacial score (nSPS) is 11.3. The van der Waals surface area contributed by atoms with E-state index in [4.69, 9.17) is 9.15 Å². The molecule has 146 valence electrons. The predicted octanol–water partition coefficient (Wildman–Crippen LogP) is 3.66. The average molecular weight is 408 g/mol. The van der Waals surface area contributed by atoms with Crippen LogP contribution in [-0.2, 0) is 10.0 Å². The van der Waals surface area contributed by atoms with E-state index in [2.05, 4.69) is 9.71 Å². The van der Waals surface area contributed by atoms with Crippen molar-refractivity contribution in [1.82, 2.24) is 4.98 Å². The number of nitrogens with zero attached hydrogens (tertiary/aromatic N) is 1. The summed E-state index contributed by atoms with van der Waals surface area (Å²) in [4.78, 5) is 16.7. The van der Waals surface area contributed by atoms with Crippen LogP contribution in [0.3, 0.4) is 0 Å². The molecule has 0 aliphatic rings. The van der Waals surface area contributed by atoms with Crippen LogP contribution in [0.5, 0.6) is 5.75 Å². The van der Waals surface area contributed by atoms with Crippen molar-refractivity contribution in [2.45, 2.75) is 4.90 Å². The van der Waals surface area contributed by atoms with Crippen molar-refractivity contribution in [2.75, 3.05) is 11.8 Å². The largest absolute Gasteiger partial charge is 0.497 e. The lowest BCUT2D eigenvalue weighted by atomic mass is 10.1. The van der Waals surface area contributed by atoms with Crippen molar-refractivity contribution in [2.24, 2.45) is 0 Å². The number of sulfonamides is 1. The fraction of sp³-hybridized carbons (Fsp3) is 0.0476. The van der Waals surface area contributed by atoms with Gasteiger partial charge in [0, 0.05) is 0 Å². The van der Waals surface area contributed by atoms with Gasteiger partial charge in [0.25, 0.3) is 10.0 Å². The lowest BCUT2D eigenvalue weighted by Crippen LogP contribution is -2.14. The molecule has 7 nitrogen and oxygen atoms in total. The maximum absolute atomic E-state index is 12.8. The van der Waals surface area contributed by atoms with E-state index >= 15 is 0 Å². The van der Waals surface area contributed by atoms with Crippen LogP contribution in [0.1, 0.15) is 0 Å². The van der Waals surface area contributed by atoms with Gasteiger partial charge in [0.15, 0.2) is 0 Å². The Labute approximate surface area is 166 Å². The standard InChI is InChI=1S/C21H16N2O5S/c1-27-14-10-12-15(13-11-14)29(25,26)23-19-9-5-2-6-16(19)20-22-18-8-4-3-7-17(18)21(24)28-20/h2-13,23H,1H3. The predicted molar refractivity (Wildman–Crippen MR) is 110 cm³/mol. The van der Waals surface area contributed by atoms with E-state index < -0.39 is 15.6 Å². The number of fused-ring (bicyclic) bond motifs is 1. The molecule has 29 heavy (non-hydrogen) atoms. The highest BCUT2D eigenvalue weighted by Gasteiger charge is 2.18. The van der Waals surface area contributed by atoms with E-state index in [9.17, 15) is 13.2 Å². The molecule has 0 radical (unpaired) electrons. The van der Waals surface area contributed by atoms with Gasteiger partial charge in [-0.2, -0.15) is 0 Å². The zero-order chi connectivity index (χ0) is 20.4. The van der Waals surface area contributed by atoms with Crippen LogP contribution in [0, 0.1) is 0 Å². The Morgan fingerprint density at radius 3 is 2.38 bits per heavy atom. The molecule has 0 atom stereocenters. The van der Waals surface area contributed by atoms with E-state index in [0.717, 1.165) is 0 Å². The molecule has 0 fully saturated rings. The summed E-state index contributed by atoms with van der Waals surface area (Å²) in [7, 11) is -2.37. The van der Waals surface area contributed by atoms with E-state index in [-0.39, 0.29) is 16.5 Å². The number of ether oxygens (including phenoxy) is 1. The van der Waals surface area contributed by atoms with Crippen molar-refractivity contribution in [3.8, 4) is 17.2 Å². The molecule has 0 unspecified atom stereocenters. The van der Waals surface area contributed by atoms with E-state index in [0.29, 0.717) is 22.2 Å². The van der Waals surface area contributed by atoms with Gasteiger partial charge in [0.1, 0.15) is 5.75 Å². The summed E-state index contributed by atoms with van der Waals surface area (Å²) in [5, 5.41) is 0.354.